The molecule has 1 heterocycles. The van der Waals surface area contributed by atoms with Crippen LogP contribution in [-0.4, -0.2) is 43.7 Å². The standard InChI is InChI=1S/C21H25ClN2O3S/c1-16-9-10-19(28(26,27)24-11-4-3-5-12-24)14-20(16)21(25)23(2)15-17-7-6-8-18(22)13-17/h6-10,13-14H,3-5,11-12,15H2,1-2H3. The average Bonchev–Trinajstić information content (AvgIpc) is 2.68. The summed E-state index contributed by atoms with van der Waals surface area (Å²) in [5.74, 6) is -0.215. The number of rotatable bonds is 5. The van der Waals surface area contributed by atoms with E-state index in [9.17, 15) is 13.2 Å². The second-order valence-corrected chi connectivity index (χ2v) is 9.61. The number of hydrogen-bond donors (Lipinski definition) is 0. The Morgan fingerprint density at radius 1 is 1.11 bits per heavy atom. The quantitative estimate of drug-likeness (QED) is 0.731. The number of hydrogen-bond acceptors (Lipinski definition) is 3. The minimum atomic E-state index is -3.58. The van der Waals surface area contributed by atoms with Crippen LogP contribution in [0.25, 0.3) is 0 Å². The van der Waals surface area contributed by atoms with Gasteiger partial charge in [-0.3, -0.25) is 4.79 Å². The molecule has 3 rings (SSSR count). The maximum Gasteiger partial charge on any atom is 0.254 e. The minimum Gasteiger partial charge on any atom is -0.337 e. The summed E-state index contributed by atoms with van der Waals surface area (Å²) in [6.07, 6.45) is 2.80. The first-order valence-electron chi connectivity index (χ1n) is 9.40. The molecule has 0 aliphatic carbocycles. The molecule has 0 spiro atoms. The molecule has 0 N–H and O–H groups in total. The Kier molecular flexibility index (Phi) is 6.43. The van der Waals surface area contributed by atoms with E-state index < -0.39 is 10.0 Å². The van der Waals surface area contributed by atoms with E-state index in [0.717, 1.165) is 30.4 Å². The first-order valence-corrected chi connectivity index (χ1v) is 11.2. The highest BCUT2D eigenvalue weighted by Crippen LogP contribution is 2.24. The maximum atomic E-state index is 13.0. The summed E-state index contributed by atoms with van der Waals surface area (Å²) in [4.78, 5) is 14.7. The van der Waals surface area contributed by atoms with Crippen LogP contribution in [0.15, 0.2) is 47.4 Å². The molecule has 2 aromatic rings. The molecule has 7 heteroatoms. The van der Waals surface area contributed by atoms with Crippen LogP contribution in [0.4, 0.5) is 0 Å². The summed E-state index contributed by atoms with van der Waals surface area (Å²) >= 11 is 6.02. The molecule has 5 nitrogen and oxygen atoms in total. The normalized spacial score (nSPS) is 15.4. The molecule has 1 amide bonds. The van der Waals surface area contributed by atoms with Gasteiger partial charge in [-0.25, -0.2) is 8.42 Å². The number of carbonyl (C=O) groups excluding carboxylic acids is 1. The molecule has 0 bridgehead atoms. The molecule has 0 atom stereocenters. The third-order valence-electron chi connectivity index (χ3n) is 5.05. The minimum absolute atomic E-state index is 0.180. The molecule has 2 aromatic carbocycles. The van der Waals surface area contributed by atoms with Crippen molar-refractivity contribution in [3.05, 3.63) is 64.2 Å². The van der Waals surface area contributed by atoms with Gasteiger partial charge in [0.1, 0.15) is 0 Å². The molecular formula is C21H25ClN2O3S. The van der Waals surface area contributed by atoms with Crippen molar-refractivity contribution in [2.45, 2.75) is 37.6 Å². The van der Waals surface area contributed by atoms with E-state index in [1.807, 2.05) is 25.1 Å². The van der Waals surface area contributed by atoms with Gasteiger partial charge in [-0.15, -0.1) is 0 Å². The van der Waals surface area contributed by atoms with Crippen molar-refractivity contribution < 1.29 is 13.2 Å². The molecule has 150 valence electrons. The van der Waals surface area contributed by atoms with Crippen molar-refractivity contribution in [2.24, 2.45) is 0 Å². The van der Waals surface area contributed by atoms with Gasteiger partial charge < -0.3 is 4.90 Å². The highest BCUT2D eigenvalue weighted by atomic mass is 35.5. The molecule has 28 heavy (non-hydrogen) atoms. The molecule has 0 aromatic heterocycles. The molecule has 1 aliphatic rings. The average molecular weight is 421 g/mol. The smallest absolute Gasteiger partial charge is 0.254 e. The number of amides is 1. The number of nitrogens with zero attached hydrogens (tertiary/aromatic N) is 2. The van der Waals surface area contributed by atoms with Gasteiger partial charge in [0.05, 0.1) is 4.90 Å². The number of aryl methyl sites for hydroxylation is 1. The second kappa shape index (κ2) is 8.64. The predicted molar refractivity (Wildman–Crippen MR) is 111 cm³/mol. The predicted octanol–water partition coefficient (Wildman–Crippen LogP) is 4.10. The fourth-order valence-corrected chi connectivity index (χ4v) is 5.19. The zero-order valence-corrected chi connectivity index (χ0v) is 17.8. The monoisotopic (exact) mass is 420 g/mol. The number of piperidine rings is 1. The molecule has 0 saturated carbocycles. The zero-order chi connectivity index (χ0) is 20.3. The van der Waals surface area contributed by atoms with E-state index in [4.69, 9.17) is 11.6 Å². The summed E-state index contributed by atoms with van der Waals surface area (Å²) < 4.78 is 27.4. The van der Waals surface area contributed by atoms with Crippen LogP contribution in [0.3, 0.4) is 0 Å². The van der Waals surface area contributed by atoms with Gasteiger partial charge >= 0.3 is 0 Å². The lowest BCUT2D eigenvalue weighted by atomic mass is 10.1. The van der Waals surface area contributed by atoms with Gasteiger partial charge in [-0.05, 0) is 55.2 Å². The van der Waals surface area contributed by atoms with E-state index in [1.165, 1.54) is 10.4 Å². The Bertz CT molecular complexity index is 969. The lowest BCUT2D eigenvalue weighted by Crippen LogP contribution is -2.35. The van der Waals surface area contributed by atoms with E-state index in [2.05, 4.69) is 0 Å². The summed E-state index contributed by atoms with van der Waals surface area (Å²) in [7, 11) is -1.88. The Balaban J connectivity index is 1.85. The summed E-state index contributed by atoms with van der Waals surface area (Å²) in [6.45, 7) is 3.28. The highest BCUT2D eigenvalue weighted by Gasteiger charge is 2.27. The van der Waals surface area contributed by atoms with E-state index in [-0.39, 0.29) is 10.8 Å². The topological polar surface area (TPSA) is 57.7 Å². The van der Waals surface area contributed by atoms with Gasteiger partial charge in [0, 0.05) is 37.3 Å². The number of carbonyl (C=O) groups is 1. The first-order chi connectivity index (χ1) is 13.3. The molecule has 0 radical (unpaired) electrons. The summed E-state index contributed by atoms with van der Waals surface area (Å²) in [6, 6.07) is 12.1. The van der Waals surface area contributed by atoms with Gasteiger partial charge in [0.15, 0.2) is 0 Å². The summed E-state index contributed by atoms with van der Waals surface area (Å²) in [5, 5.41) is 0.615. The Morgan fingerprint density at radius 3 is 2.50 bits per heavy atom. The fourth-order valence-electron chi connectivity index (χ4n) is 3.43. The Labute approximate surface area is 172 Å². The van der Waals surface area contributed by atoms with Crippen LogP contribution in [0.5, 0.6) is 0 Å². The Hall–Kier alpha value is -1.89. The molecular weight excluding hydrogens is 396 g/mol. The van der Waals surface area contributed by atoms with Crippen LogP contribution in [0, 0.1) is 6.92 Å². The fraction of sp³-hybridized carbons (Fsp3) is 0.381. The SMILES string of the molecule is Cc1ccc(S(=O)(=O)N2CCCCC2)cc1C(=O)N(C)Cc1cccc(Cl)c1. The number of halogens is 1. The van der Waals surface area contributed by atoms with Crippen molar-refractivity contribution in [3.8, 4) is 0 Å². The van der Waals surface area contributed by atoms with Crippen LogP contribution < -0.4 is 0 Å². The van der Waals surface area contributed by atoms with Crippen molar-refractivity contribution in [1.82, 2.24) is 9.21 Å². The van der Waals surface area contributed by atoms with E-state index >= 15 is 0 Å². The van der Waals surface area contributed by atoms with Gasteiger partial charge in [0.25, 0.3) is 5.91 Å². The third kappa shape index (κ3) is 4.57. The van der Waals surface area contributed by atoms with Crippen LogP contribution >= 0.6 is 11.6 Å². The van der Waals surface area contributed by atoms with Crippen LogP contribution in [0.2, 0.25) is 5.02 Å². The number of benzene rings is 2. The van der Waals surface area contributed by atoms with E-state index in [1.54, 1.807) is 30.1 Å². The highest BCUT2D eigenvalue weighted by molar-refractivity contribution is 7.89. The van der Waals surface area contributed by atoms with E-state index in [0.29, 0.717) is 30.2 Å². The molecule has 1 saturated heterocycles. The summed E-state index contributed by atoms with van der Waals surface area (Å²) in [5.41, 5.74) is 2.07. The van der Waals surface area contributed by atoms with Gasteiger partial charge in [0.2, 0.25) is 10.0 Å². The van der Waals surface area contributed by atoms with Crippen LogP contribution in [0.1, 0.15) is 40.7 Å². The molecule has 1 fully saturated rings. The Morgan fingerprint density at radius 2 is 1.82 bits per heavy atom. The lowest BCUT2D eigenvalue weighted by Gasteiger charge is -2.26. The van der Waals surface area contributed by atoms with Crippen molar-refractivity contribution >= 4 is 27.5 Å². The van der Waals surface area contributed by atoms with Crippen molar-refractivity contribution in [2.75, 3.05) is 20.1 Å². The largest absolute Gasteiger partial charge is 0.337 e. The first kappa shape index (κ1) is 20.8. The molecule has 0 unspecified atom stereocenters. The molecule has 1 aliphatic heterocycles. The van der Waals surface area contributed by atoms with Crippen LogP contribution in [-0.2, 0) is 16.6 Å². The zero-order valence-electron chi connectivity index (χ0n) is 16.2. The lowest BCUT2D eigenvalue weighted by molar-refractivity contribution is 0.0784. The maximum absolute atomic E-state index is 13.0. The van der Waals surface area contributed by atoms with Crippen molar-refractivity contribution in [3.63, 3.8) is 0 Å². The van der Waals surface area contributed by atoms with Gasteiger partial charge in [-0.1, -0.05) is 36.2 Å². The second-order valence-electron chi connectivity index (χ2n) is 7.23. The van der Waals surface area contributed by atoms with Crippen molar-refractivity contribution in [1.29, 1.82) is 0 Å². The number of sulfonamides is 1. The third-order valence-corrected chi connectivity index (χ3v) is 7.18. The van der Waals surface area contributed by atoms with Gasteiger partial charge in [-0.2, -0.15) is 4.31 Å².